The predicted molar refractivity (Wildman–Crippen MR) is 91.6 cm³/mol. The van der Waals surface area contributed by atoms with Crippen molar-refractivity contribution in [2.75, 3.05) is 14.2 Å². The summed E-state index contributed by atoms with van der Waals surface area (Å²) in [5.74, 6) is -0.470. The topological polar surface area (TPSA) is 68.7 Å². The maximum Gasteiger partial charge on any atom is 0.307 e. The maximum absolute atomic E-state index is 14.1. The summed E-state index contributed by atoms with van der Waals surface area (Å²) in [6, 6.07) is 11.7. The van der Waals surface area contributed by atoms with Crippen LogP contribution in [0.3, 0.4) is 0 Å². The van der Waals surface area contributed by atoms with Crippen LogP contribution < -0.4 is 9.47 Å². The summed E-state index contributed by atoms with van der Waals surface area (Å²) in [6.07, 6.45) is -0.353. The first-order valence-electron chi connectivity index (χ1n) is 7.55. The lowest BCUT2D eigenvalue weighted by atomic mass is 10.0. The largest absolute Gasteiger partial charge is 0.493 e. The van der Waals surface area contributed by atoms with Gasteiger partial charge < -0.3 is 14.6 Å². The standard InChI is InChI=1S/C19H16FNO4/c1-24-17-8-13-5-6-15(21-16(13)10-18(17)25-2)12-4-3-11(9-19(22)23)14(20)7-12/h3-8,10H,9H2,1-2H3,(H,22,23). The Balaban J connectivity index is 2.04. The van der Waals surface area contributed by atoms with Crippen LogP contribution in [0.4, 0.5) is 4.39 Å². The van der Waals surface area contributed by atoms with Gasteiger partial charge >= 0.3 is 5.97 Å². The number of rotatable bonds is 5. The minimum atomic E-state index is -1.07. The minimum Gasteiger partial charge on any atom is -0.493 e. The molecule has 2 aromatic carbocycles. The van der Waals surface area contributed by atoms with E-state index < -0.39 is 11.8 Å². The summed E-state index contributed by atoms with van der Waals surface area (Å²) in [7, 11) is 3.11. The number of pyridine rings is 1. The van der Waals surface area contributed by atoms with Crippen LogP contribution in [0.2, 0.25) is 0 Å². The summed E-state index contributed by atoms with van der Waals surface area (Å²) in [5, 5.41) is 9.65. The van der Waals surface area contributed by atoms with Crippen molar-refractivity contribution in [1.82, 2.24) is 4.98 Å². The summed E-state index contributed by atoms with van der Waals surface area (Å²) < 4.78 is 24.7. The Morgan fingerprint density at radius 3 is 2.44 bits per heavy atom. The van der Waals surface area contributed by atoms with Crippen LogP contribution in [0, 0.1) is 5.82 Å². The molecule has 6 heteroatoms. The number of carboxylic acids is 1. The highest BCUT2D eigenvalue weighted by atomic mass is 19.1. The van der Waals surface area contributed by atoms with Crippen molar-refractivity contribution in [1.29, 1.82) is 0 Å². The SMILES string of the molecule is COc1cc2ccc(-c3ccc(CC(=O)O)c(F)c3)nc2cc1OC. The number of methoxy groups -OCH3 is 2. The Hall–Kier alpha value is -3.15. The average Bonchev–Trinajstić information content (AvgIpc) is 2.61. The Labute approximate surface area is 143 Å². The smallest absolute Gasteiger partial charge is 0.307 e. The molecule has 3 rings (SSSR count). The number of aliphatic carboxylic acids is 1. The molecular formula is C19H16FNO4. The number of halogens is 1. The first-order valence-corrected chi connectivity index (χ1v) is 7.55. The average molecular weight is 341 g/mol. The van der Waals surface area contributed by atoms with E-state index in [1.165, 1.54) is 12.1 Å². The molecular weight excluding hydrogens is 325 g/mol. The van der Waals surface area contributed by atoms with Crippen molar-refractivity contribution >= 4 is 16.9 Å². The highest BCUT2D eigenvalue weighted by Crippen LogP contribution is 2.32. The molecule has 25 heavy (non-hydrogen) atoms. The van der Waals surface area contributed by atoms with Gasteiger partial charge in [0.15, 0.2) is 11.5 Å². The number of carboxylic acid groups (broad SMARTS) is 1. The molecule has 0 radical (unpaired) electrons. The number of carbonyl (C=O) groups is 1. The second-order valence-electron chi connectivity index (χ2n) is 5.47. The molecule has 0 aliphatic rings. The lowest BCUT2D eigenvalue weighted by molar-refractivity contribution is -0.136. The fourth-order valence-electron chi connectivity index (χ4n) is 2.62. The van der Waals surface area contributed by atoms with Crippen LogP contribution in [0.5, 0.6) is 11.5 Å². The highest BCUT2D eigenvalue weighted by Gasteiger charge is 2.11. The molecule has 0 fully saturated rings. The molecule has 0 saturated heterocycles. The van der Waals surface area contributed by atoms with Gasteiger partial charge in [-0.3, -0.25) is 4.79 Å². The fourth-order valence-corrected chi connectivity index (χ4v) is 2.62. The molecule has 0 spiro atoms. The van der Waals surface area contributed by atoms with Gasteiger partial charge in [0, 0.05) is 17.0 Å². The van der Waals surface area contributed by atoms with Gasteiger partial charge in [-0.2, -0.15) is 0 Å². The van der Waals surface area contributed by atoms with Crippen LogP contribution in [0.1, 0.15) is 5.56 Å². The number of benzene rings is 2. The summed E-state index contributed by atoms with van der Waals surface area (Å²) in [5.41, 5.74) is 1.98. The van der Waals surface area contributed by atoms with Gasteiger partial charge in [0.1, 0.15) is 5.82 Å². The molecule has 0 atom stereocenters. The zero-order valence-corrected chi connectivity index (χ0v) is 13.7. The van der Waals surface area contributed by atoms with E-state index in [-0.39, 0.29) is 12.0 Å². The van der Waals surface area contributed by atoms with Crippen molar-refractivity contribution in [2.45, 2.75) is 6.42 Å². The molecule has 5 nitrogen and oxygen atoms in total. The predicted octanol–water partition coefficient (Wildman–Crippen LogP) is 3.69. The normalized spacial score (nSPS) is 10.7. The van der Waals surface area contributed by atoms with Crippen LogP contribution in [-0.2, 0) is 11.2 Å². The van der Waals surface area contributed by atoms with E-state index in [9.17, 15) is 9.18 Å². The Kier molecular flexibility index (Phi) is 4.52. The van der Waals surface area contributed by atoms with Crippen LogP contribution in [-0.4, -0.2) is 30.3 Å². The molecule has 128 valence electrons. The second-order valence-corrected chi connectivity index (χ2v) is 5.47. The van der Waals surface area contributed by atoms with Crippen molar-refractivity contribution in [2.24, 2.45) is 0 Å². The molecule has 1 aromatic heterocycles. The molecule has 0 unspecified atom stereocenters. The first-order chi connectivity index (χ1) is 12.0. The van der Waals surface area contributed by atoms with Crippen molar-refractivity contribution in [3.8, 4) is 22.8 Å². The highest BCUT2D eigenvalue weighted by molar-refractivity contribution is 5.85. The lowest BCUT2D eigenvalue weighted by Gasteiger charge is -2.10. The molecule has 3 aromatic rings. The monoisotopic (exact) mass is 341 g/mol. The van der Waals surface area contributed by atoms with E-state index in [1.807, 2.05) is 12.1 Å². The van der Waals surface area contributed by atoms with Gasteiger partial charge in [0.05, 0.1) is 31.9 Å². The van der Waals surface area contributed by atoms with E-state index in [0.29, 0.717) is 28.3 Å². The van der Waals surface area contributed by atoms with E-state index in [1.54, 1.807) is 32.4 Å². The van der Waals surface area contributed by atoms with E-state index in [2.05, 4.69) is 4.98 Å². The number of hydrogen-bond acceptors (Lipinski definition) is 4. The zero-order chi connectivity index (χ0) is 18.0. The first kappa shape index (κ1) is 16.7. The van der Waals surface area contributed by atoms with Gasteiger partial charge in [-0.25, -0.2) is 9.37 Å². The lowest BCUT2D eigenvalue weighted by Crippen LogP contribution is -2.02. The Morgan fingerprint density at radius 1 is 1.08 bits per heavy atom. The third-order valence-corrected chi connectivity index (χ3v) is 3.89. The quantitative estimate of drug-likeness (QED) is 0.766. The zero-order valence-electron chi connectivity index (χ0n) is 13.7. The number of aromatic nitrogens is 1. The number of fused-ring (bicyclic) bond motifs is 1. The molecule has 0 saturated carbocycles. The molecule has 1 N–H and O–H groups in total. The van der Waals surface area contributed by atoms with Crippen LogP contribution >= 0.6 is 0 Å². The Bertz CT molecular complexity index is 956. The van der Waals surface area contributed by atoms with Crippen LogP contribution in [0.25, 0.3) is 22.2 Å². The number of nitrogens with zero attached hydrogens (tertiary/aromatic N) is 1. The van der Waals surface area contributed by atoms with Crippen molar-refractivity contribution in [3.05, 3.63) is 53.8 Å². The van der Waals surface area contributed by atoms with Gasteiger partial charge in [-0.15, -0.1) is 0 Å². The van der Waals surface area contributed by atoms with Crippen molar-refractivity contribution < 1.29 is 23.8 Å². The number of ether oxygens (including phenoxy) is 2. The molecule has 0 aliphatic carbocycles. The Morgan fingerprint density at radius 2 is 1.80 bits per heavy atom. The van der Waals surface area contributed by atoms with E-state index in [0.717, 1.165) is 5.39 Å². The molecule has 0 bridgehead atoms. The third kappa shape index (κ3) is 3.38. The van der Waals surface area contributed by atoms with Crippen molar-refractivity contribution in [3.63, 3.8) is 0 Å². The minimum absolute atomic E-state index is 0.142. The van der Waals surface area contributed by atoms with Gasteiger partial charge in [0.2, 0.25) is 0 Å². The second kappa shape index (κ2) is 6.76. The van der Waals surface area contributed by atoms with Crippen LogP contribution in [0.15, 0.2) is 42.5 Å². The summed E-state index contributed by atoms with van der Waals surface area (Å²) >= 11 is 0. The molecule has 0 amide bonds. The number of hydrogen-bond donors (Lipinski definition) is 1. The van der Waals surface area contributed by atoms with Gasteiger partial charge in [-0.05, 0) is 23.8 Å². The fraction of sp³-hybridized carbons (Fsp3) is 0.158. The summed E-state index contributed by atoms with van der Waals surface area (Å²) in [4.78, 5) is 15.3. The molecule has 0 aliphatic heterocycles. The van der Waals surface area contributed by atoms with E-state index >= 15 is 0 Å². The van der Waals surface area contributed by atoms with Gasteiger partial charge in [-0.1, -0.05) is 18.2 Å². The maximum atomic E-state index is 14.1. The van der Waals surface area contributed by atoms with E-state index in [4.69, 9.17) is 14.6 Å². The molecule has 1 heterocycles. The van der Waals surface area contributed by atoms with Gasteiger partial charge in [0.25, 0.3) is 0 Å². The summed E-state index contributed by atoms with van der Waals surface area (Å²) in [6.45, 7) is 0. The third-order valence-electron chi connectivity index (χ3n) is 3.89.